The van der Waals surface area contributed by atoms with E-state index in [0.717, 1.165) is 11.0 Å². The minimum absolute atomic E-state index is 0.200. The average Bonchev–Trinajstić information content (AvgIpc) is 2.99. The quantitative estimate of drug-likeness (QED) is 0.799. The highest BCUT2D eigenvalue weighted by Crippen LogP contribution is 2.17. The Labute approximate surface area is 139 Å². The second kappa shape index (κ2) is 6.39. The predicted octanol–water partition coefficient (Wildman–Crippen LogP) is 3.39. The predicted molar refractivity (Wildman–Crippen MR) is 90.2 cm³/mol. The Morgan fingerprint density at radius 1 is 1.29 bits per heavy atom. The van der Waals surface area contributed by atoms with Crippen molar-refractivity contribution in [2.45, 2.75) is 33.4 Å². The van der Waals surface area contributed by atoms with E-state index in [1.54, 1.807) is 31.3 Å². The van der Waals surface area contributed by atoms with Gasteiger partial charge in [0.2, 0.25) is 0 Å². The van der Waals surface area contributed by atoms with Gasteiger partial charge in [-0.05, 0) is 44.0 Å². The Bertz CT molecular complexity index is 901. The third-order valence-electron chi connectivity index (χ3n) is 3.87. The summed E-state index contributed by atoms with van der Waals surface area (Å²) in [6.45, 7) is 6.01. The molecule has 0 aliphatic heterocycles. The number of pyridine rings is 1. The molecule has 0 atom stereocenters. The van der Waals surface area contributed by atoms with Crippen LogP contribution in [0.15, 0.2) is 36.7 Å². The standard InChI is InChI=1S/C18H19FN4O/c1-11(2)23-17-14(10-22-23)7-15(9-20-17)18(24)21-8-13-5-4-12(3)16(19)6-13/h4-7,9-11H,8H2,1-3H3,(H,21,24). The first-order valence-electron chi connectivity index (χ1n) is 7.82. The Morgan fingerprint density at radius 3 is 2.79 bits per heavy atom. The van der Waals surface area contributed by atoms with Crippen LogP contribution in [0.25, 0.3) is 11.0 Å². The lowest BCUT2D eigenvalue weighted by Gasteiger charge is -2.08. The third kappa shape index (κ3) is 3.13. The van der Waals surface area contributed by atoms with Crippen LogP contribution in [-0.2, 0) is 6.54 Å². The number of fused-ring (bicyclic) bond motifs is 1. The van der Waals surface area contributed by atoms with Gasteiger partial charge < -0.3 is 5.32 Å². The van der Waals surface area contributed by atoms with Gasteiger partial charge in [0, 0.05) is 24.2 Å². The van der Waals surface area contributed by atoms with Gasteiger partial charge in [0.15, 0.2) is 5.65 Å². The second-order valence-corrected chi connectivity index (χ2v) is 6.09. The average molecular weight is 326 g/mol. The van der Waals surface area contributed by atoms with Crippen molar-refractivity contribution in [3.05, 3.63) is 59.2 Å². The molecular weight excluding hydrogens is 307 g/mol. The van der Waals surface area contributed by atoms with Crippen LogP contribution in [0.1, 0.15) is 41.4 Å². The molecule has 0 spiro atoms. The number of aryl methyl sites for hydroxylation is 1. The van der Waals surface area contributed by atoms with E-state index in [1.807, 2.05) is 18.5 Å². The van der Waals surface area contributed by atoms with E-state index in [1.165, 1.54) is 12.3 Å². The first-order valence-corrected chi connectivity index (χ1v) is 7.82. The van der Waals surface area contributed by atoms with Crippen molar-refractivity contribution in [2.24, 2.45) is 0 Å². The minimum Gasteiger partial charge on any atom is -0.348 e. The molecule has 124 valence electrons. The van der Waals surface area contributed by atoms with Gasteiger partial charge in [-0.2, -0.15) is 5.10 Å². The highest BCUT2D eigenvalue weighted by atomic mass is 19.1. The van der Waals surface area contributed by atoms with Gasteiger partial charge in [0.05, 0.1) is 11.8 Å². The number of nitrogens with one attached hydrogen (secondary N) is 1. The Hall–Kier alpha value is -2.76. The number of benzene rings is 1. The first-order chi connectivity index (χ1) is 11.5. The van der Waals surface area contributed by atoms with Crippen LogP contribution >= 0.6 is 0 Å². The number of nitrogens with zero attached hydrogens (tertiary/aromatic N) is 3. The number of halogens is 1. The molecule has 1 amide bonds. The van der Waals surface area contributed by atoms with Gasteiger partial charge in [0.25, 0.3) is 5.91 Å². The fourth-order valence-corrected chi connectivity index (χ4v) is 2.47. The van der Waals surface area contributed by atoms with Gasteiger partial charge in [-0.1, -0.05) is 12.1 Å². The van der Waals surface area contributed by atoms with Crippen LogP contribution < -0.4 is 5.32 Å². The highest BCUT2D eigenvalue weighted by Gasteiger charge is 2.12. The Kier molecular flexibility index (Phi) is 4.29. The molecule has 0 aliphatic rings. The minimum atomic E-state index is -0.272. The number of aromatic nitrogens is 3. The molecule has 0 saturated carbocycles. The maximum atomic E-state index is 13.5. The Morgan fingerprint density at radius 2 is 2.08 bits per heavy atom. The summed E-state index contributed by atoms with van der Waals surface area (Å²) in [6.07, 6.45) is 3.24. The van der Waals surface area contributed by atoms with Gasteiger partial charge in [-0.3, -0.25) is 4.79 Å². The van der Waals surface area contributed by atoms with Crippen LogP contribution in [0.2, 0.25) is 0 Å². The van der Waals surface area contributed by atoms with Crippen molar-refractivity contribution in [1.82, 2.24) is 20.1 Å². The highest BCUT2D eigenvalue weighted by molar-refractivity contribution is 5.96. The molecule has 24 heavy (non-hydrogen) atoms. The maximum absolute atomic E-state index is 13.5. The van der Waals surface area contributed by atoms with E-state index >= 15 is 0 Å². The summed E-state index contributed by atoms with van der Waals surface area (Å²) in [6, 6.07) is 6.90. The first kappa shape index (κ1) is 16.1. The molecule has 3 aromatic rings. The van der Waals surface area contributed by atoms with E-state index in [2.05, 4.69) is 15.4 Å². The van der Waals surface area contributed by atoms with Crippen LogP contribution in [0, 0.1) is 12.7 Å². The molecule has 1 aromatic carbocycles. The maximum Gasteiger partial charge on any atom is 0.253 e. The van der Waals surface area contributed by atoms with Gasteiger partial charge >= 0.3 is 0 Å². The molecule has 0 fully saturated rings. The number of hydrogen-bond donors (Lipinski definition) is 1. The van der Waals surface area contributed by atoms with E-state index in [0.29, 0.717) is 16.7 Å². The topological polar surface area (TPSA) is 59.8 Å². The van der Waals surface area contributed by atoms with Crippen LogP contribution in [-0.4, -0.2) is 20.7 Å². The summed E-state index contributed by atoms with van der Waals surface area (Å²) in [5, 5.41) is 7.89. The van der Waals surface area contributed by atoms with Crippen molar-refractivity contribution in [1.29, 1.82) is 0 Å². The number of carbonyl (C=O) groups is 1. The molecular formula is C18H19FN4O. The molecule has 3 rings (SSSR count). The number of rotatable bonds is 4. The molecule has 0 bridgehead atoms. The van der Waals surface area contributed by atoms with Crippen LogP contribution in [0.3, 0.4) is 0 Å². The zero-order valence-electron chi connectivity index (χ0n) is 13.9. The molecule has 2 aromatic heterocycles. The lowest BCUT2D eigenvalue weighted by Crippen LogP contribution is -2.23. The van der Waals surface area contributed by atoms with Gasteiger partial charge in [0.1, 0.15) is 5.82 Å². The van der Waals surface area contributed by atoms with Crippen LogP contribution in [0.5, 0.6) is 0 Å². The zero-order chi connectivity index (χ0) is 17.3. The van der Waals surface area contributed by atoms with Crippen LogP contribution in [0.4, 0.5) is 4.39 Å². The number of amides is 1. The largest absolute Gasteiger partial charge is 0.348 e. The molecule has 2 heterocycles. The molecule has 5 nitrogen and oxygen atoms in total. The van der Waals surface area contributed by atoms with E-state index in [9.17, 15) is 9.18 Å². The van der Waals surface area contributed by atoms with E-state index < -0.39 is 0 Å². The summed E-state index contributed by atoms with van der Waals surface area (Å²) < 4.78 is 15.3. The lowest BCUT2D eigenvalue weighted by atomic mass is 10.1. The summed E-state index contributed by atoms with van der Waals surface area (Å²) in [7, 11) is 0. The summed E-state index contributed by atoms with van der Waals surface area (Å²) >= 11 is 0. The smallest absolute Gasteiger partial charge is 0.253 e. The molecule has 1 N–H and O–H groups in total. The SMILES string of the molecule is Cc1ccc(CNC(=O)c2cnc3c(cnn3C(C)C)c2)cc1F. The second-order valence-electron chi connectivity index (χ2n) is 6.09. The fraction of sp³-hybridized carbons (Fsp3) is 0.278. The fourth-order valence-electron chi connectivity index (χ4n) is 2.47. The monoisotopic (exact) mass is 326 g/mol. The van der Waals surface area contributed by atoms with Crippen molar-refractivity contribution < 1.29 is 9.18 Å². The molecule has 0 unspecified atom stereocenters. The van der Waals surface area contributed by atoms with Crippen molar-refractivity contribution in [3.63, 3.8) is 0 Å². The summed E-state index contributed by atoms with van der Waals surface area (Å²) in [5.74, 6) is -0.520. The van der Waals surface area contributed by atoms with Gasteiger partial charge in [-0.15, -0.1) is 0 Å². The van der Waals surface area contributed by atoms with Crippen molar-refractivity contribution in [3.8, 4) is 0 Å². The summed E-state index contributed by atoms with van der Waals surface area (Å²) in [4.78, 5) is 16.6. The van der Waals surface area contributed by atoms with Crippen molar-refractivity contribution >= 4 is 16.9 Å². The number of hydrogen-bond acceptors (Lipinski definition) is 3. The lowest BCUT2D eigenvalue weighted by molar-refractivity contribution is 0.0950. The normalized spacial score (nSPS) is 11.2. The summed E-state index contributed by atoms with van der Waals surface area (Å²) in [5.41, 5.74) is 2.51. The molecule has 0 saturated heterocycles. The number of carbonyl (C=O) groups excluding carboxylic acids is 1. The molecule has 6 heteroatoms. The third-order valence-corrected chi connectivity index (χ3v) is 3.87. The van der Waals surface area contributed by atoms with Crippen molar-refractivity contribution in [2.75, 3.05) is 0 Å². The van der Waals surface area contributed by atoms with E-state index in [-0.39, 0.29) is 24.3 Å². The Balaban J connectivity index is 1.75. The zero-order valence-corrected chi connectivity index (χ0v) is 13.9. The molecule has 0 radical (unpaired) electrons. The molecule has 0 aliphatic carbocycles. The van der Waals surface area contributed by atoms with E-state index in [4.69, 9.17) is 0 Å². The van der Waals surface area contributed by atoms with Gasteiger partial charge in [-0.25, -0.2) is 14.1 Å².